The molecule has 0 bridgehead atoms. The van der Waals surface area contributed by atoms with Crippen LogP contribution in [0, 0.1) is 11.3 Å². The van der Waals surface area contributed by atoms with Gasteiger partial charge in [0, 0.05) is 15.6 Å². The Balaban J connectivity index is 3.67. The van der Waals surface area contributed by atoms with Crippen LogP contribution in [0.3, 0.4) is 0 Å². The van der Waals surface area contributed by atoms with Crippen LogP contribution < -0.4 is 0 Å². The summed E-state index contributed by atoms with van der Waals surface area (Å²) in [5.74, 6) is 0. The van der Waals surface area contributed by atoms with Gasteiger partial charge in [-0.05, 0) is 18.1 Å². The fraction of sp³-hybridized carbons (Fsp3) is 0.222. The van der Waals surface area contributed by atoms with Crippen molar-refractivity contribution in [2.45, 2.75) is 23.1 Å². The molecule has 80 valence electrons. The van der Waals surface area contributed by atoms with E-state index in [1.165, 1.54) is 6.07 Å². The van der Waals surface area contributed by atoms with Gasteiger partial charge in [-0.1, -0.05) is 13.0 Å². The van der Waals surface area contributed by atoms with E-state index >= 15 is 0 Å². The standard InChI is InChI=1S/C9H8ClNO2S2/c1-2-6-3-4-7(5-11)8(14)9(6)15(10,12)13/h3-4,14H,2H2,1H3. The summed E-state index contributed by atoms with van der Waals surface area (Å²) in [6.45, 7) is 1.81. The van der Waals surface area contributed by atoms with Crippen LogP contribution >= 0.6 is 23.3 Å². The van der Waals surface area contributed by atoms with Crippen molar-refractivity contribution >= 4 is 32.4 Å². The minimum absolute atomic E-state index is 0.0611. The molecule has 0 saturated carbocycles. The van der Waals surface area contributed by atoms with E-state index in [0.717, 1.165) is 0 Å². The maximum atomic E-state index is 11.3. The number of nitriles is 1. The van der Waals surface area contributed by atoms with Crippen LogP contribution in [0.15, 0.2) is 21.9 Å². The van der Waals surface area contributed by atoms with Gasteiger partial charge < -0.3 is 0 Å². The highest BCUT2D eigenvalue weighted by Crippen LogP contribution is 2.30. The van der Waals surface area contributed by atoms with Gasteiger partial charge >= 0.3 is 0 Å². The lowest BCUT2D eigenvalue weighted by molar-refractivity contribution is 0.606. The molecule has 1 aromatic rings. The fourth-order valence-electron chi connectivity index (χ4n) is 1.25. The molecule has 6 heteroatoms. The third-order valence-corrected chi connectivity index (χ3v) is 3.99. The maximum Gasteiger partial charge on any atom is 0.262 e. The molecule has 0 amide bonds. The van der Waals surface area contributed by atoms with E-state index in [9.17, 15) is 8.42 Å². The molecule has 0 aromatic heterocycles. The second-order valence-corrected chi connectivity index (χ2v) is 5.80. The smallest absolute Gasteiger partial charge is 0.207 e. The molecule has 1 aromatic carbocycles. The van der Waals surface area contributed by atoms with Gasteiger partial charge in [0.25, 0.3) is 9.05 Å². The molecule has 3 nitrogen and oxygen atoms in total. The molecular formula is C9H8ClNO2S2. The van der Waals surface area contributed by atoms with Crippen LogP contribution in [-0.2, 0) is 15.5 Å². The lowest BCUT2D eigenvalue weighted by atomic mass is 10.1. The van der Waals surface area contributed by atoms with Gasteiger partial charge in [-0.25, -0.2) is 8.42 Å². The van der Waals surface area contributed by atoms with E-state index in [-0.39, 0.29) is 15.4 Å². The molecule has 0 N–H and O–H groups in total. The molecule has 0 aliphatic rings. The Labute approximate surface area is 98.5 Å². The predicted octanol–water partition coefficient (Wildman–Crippen LogP) is 2.34. The zero-order valence-electron chi connectivity index (χ0n) is 7.86. The average molecular weight is 262 g/mol. The highest BCUT2D eigenvalue weighted by atomic mass is 35.7. The van der Waals surface area contributed by atoms with Crippen molar-refractivity contribution in [3.8, 4) is 6.07 Å². The van der Waals surface area contributed by atoms with Gasteiger partial charge in [0.1, 0.15) is 11.0 Å². The zero-order valence-corrected chi connectivity index (χ0v) is 10.3. The molecule has 15 heavy (non-hydrogen) atoms. The number of hydrogen-bond donors (Lipinski definition) is 1. The first-order chi connectivity index (χ1) is 6.91. The average Bonchev–Trinajstić information content (AvgIpc) is 2.15. The van der Waals surface area contributed by atoms with Crippen LogP contribution in [0.4, 0.5) is 0 Å². The molecule has 0 aliphatic carbocycles. The van der Waals surface area contributed by atoms with Gasteiger partial charge in [0.2, 0.25) is 0 Å². The Morgan fingerprint density at radius 2 is 2.13 bits per heavy atom. The van der Waals surface area contributed by atoms with Crippen molar-refractivity contribution in [3.05, 3.63) is 23.3 Å². The number of hydrogen-bond acceptors (Lipinski definition) is 4. The van der Waals surface area contributed by atoms with Crippen LogP contribution in [0.2, 0.25) is 0 Å². The Morgan fingerprint density at radius 1 is 1.53 bits per heavy atom. The Kier molecular flexibility index (Phi) is 3.66. The van der Waals surface area contributed by atoms with Crippen molar-refractivity contribution in [3.63, 3.8) is 0 Å². The third-order valence-electron chi connectivity index (χ3n) is 1.96. The number of rotatable bonds is 2. The van der Waals surface area contributed by atoms with Gasteiger partial charge in [-0.15, -0.1) is 12.6 Å². The first-order valence-corrected chi connectivity index (χ1v) is 6.87. The molecule has 0 saturated heterocycles. The van der Waals surface area contributed by atoms with Crippen LogP contribution in [0.5, 0.6) is 0 Å². The second kappa shape index (κ2) is 4.44. The second-order valence-electron chi connectivity index (χ2n) is 2.85. The van der Waals surface area contributed by atoms with Crippen molar-refractivity contribution in [2.24, 2.45) is 0 Å². The molecular weight excluding hydrogens is 254 g/mol. The number of aryl methyl sites for hydroxylation is 1. The molecule has 0 heterocycles. The first kappa shape index (κ1) is 12.4. The molecule has 1 rings (SSSR count). The Bertz CT molecular complexity index is 532. The van der Waals surface area contributed by atoms with Crippen molar-refractivity contribution in [2.75, 3.05) is 0 Å². The van der Waals surface area contributed by atoms with Gasteiger partial charge in [0.15, 0.2) is 0 Å². The molecule has 0 unspecified atom stereocenters. The first-order valence-electron chi connectivity index (χ1n) is 4.11. The van der Waals surface area contributed by atoms with Gasteiger partial charge in [0.05, 0.1) is 5.56 Å². The molecule has 0 atom stereocenters. The van der Waals surface area contributed by atoms with Crippen LogP contribution in [0.1, 0.15) is 18.1 Å². The Hall–Kier alpha value is -0.700. The summed E-state index contributed by atoms with van der Waals surface area (Å²) < 4.78 is 22.6. The van der Waals surface area contributed by atoms with E-state index in [0.29, 0.717) is 12.0 Å². The third kappa shape index (κ3) is 2.46. The molecule has 0 spiro atoms. The fourth-order valence-corrected chi connectivity index (χ4v) is 3.44. The summed E-state index contributed by atoms with van der Waals surface area (Å²) in [5.41, 5.74) is 0.767. The summed E-state index contributed by atoms with van der Waals surface area (Å²) in [6.07, 6.45) is 0.514. The van der Waals surface area contributed by atoms with Crippen LogP contribution in [-0.4, -0.2) is 8.42 Å². The lowest BCUT2D eigenvalue weighted by Crippen LogP contribution is -2.00. The maximum absolute atomic E-state index is 11.3. The summed E-state index contributed by atoms with van der Waals surface area (Å²) in [6, 6.07) is 4.97. The van der Waals surface area contributed by atoms with Crippen molar-refractivity contribution in [1.29, 1.82) is 5.26 Å². The number of nitrogens with zero attached hydrogens (tertiary/aromatic N) is 1. The van der Waals surface area contributed by atoms with E-state index in [4.69, 9.17) is 15.9 Å². The summed E-state index contributed by atoms with van der Waals surface area (Å²) in [7, 11) is 1.43. The highest BCUT2D eigenvalue weighted by molar-refractivity contribution is 8.14. The quantitative estimate of drug-likeness (QED) is 0.657. The SMILES string of the molecule is CCc1ccc(C#N)c(S)c1S(=O)(=O)Cl. The monoisotopic (exact) mass is 261 g/mol. The predicted molar refractivity (Wildman–Crippen MR) is 60.8 cm³/mol. The lowest BCUT2D eigenvalue weighted by Gasteiger charge is -2.08. The summed E-state index contributed by atoms with van der Waals surface area (Å²) in [4.78, 5) is 0.0564. The van der Waals surface area contributed by atoms with E-state index in [2.05, 4.69) is 12.6 Å². The molecule has 0 aliphatic heterocycles. The normalized spacial score (nSPS) is 11.1. The van der Waals surface area contributed by atoms with E-state index < -0.39 is 9.05 Å². The topological polar surface area (TPSA) is 57.9 Å². The zero-order chi connectivity index (χ0) is 11.6. The number of benzene rings is 1. The van der Waals surface area contributed by atoms with Crippen LogP contribution in [0.25, 0.3) is 0 Å². The van der Waals surface area contributed by atoms with Gasteiger partial charge in [-0.3, -0.25) is 0 Å². The largest absolute Gasteiger partial charge is 0.262 e. The minimum Gasteiger partial charge on any atom is -0.207 e. The van der Waals surface area contributed by atoms with E-state index in [1.54, 1.807) is 13.0 Å². The van der Waals surface area contributed by atoms with Crippen molar-refractivity contribution < 1.29 is 8.42 Å². The van der Waals surface area contributed by atoms with Gasteiger partial charge in [-0.2, -0.15) is 5.26 Å². The molecule has 0 fully saturated rings. The number of halogens is 1. The summed E-state index contributed by atoms with van der Waals surface area (Å²) in [5, 5.41) is 8.74. The van der Waals surface area contributed by atoms with Crippen molar-refractivity contribution in [1.82, 2.24) is 0 Å². The Morgan fingerprint density at radius 3 is 2.53 bits per heavy atom. The molecule has 0 radical (unpaired) electrons. The van der Waals surface area contributed by atoms with E-state index in [1.807, 2.05) is 6.07 Å². The summed E-state index contributed by atoms with van der Waals surface area (Å²) >= 11 is 4.02. The number of thiol groups is 1. The highest BCUT2D eigenvalue weighted by Gasteiger charge is 2.20. The minimum atomic E-state index is -3.86.